The molecule has 16 heavy (non-hydrogen) atoms. The largest absolute Gasteiger partial charge is 0.397 e. The Balaban J connectivity index is 2.00. The van der Waals surface area contributed by atoms with Gasteiger partial charge in [-0.15, -0.1) is 0 Å². The second kappa shape index (κ2) is 4.62. The Morgan fingerprint density at radius 3 is 2.88 bits per heavy atom. The van der Waals surface area contributed by atoms with E-state index in [0.29, 0.717) is 21.8 Å². The number of halogens is 2. The van der Waals surface area contributed by atoms with Gasteiger partial charge in [-0.3, -0.25) is 0 Å². The molecule has 1 aliphatic carbocycles. The maximum atomic E-state index is 13.3. The average molecular weight is 287 g/mol. The fourth-order valence-corrected chi connectivity index (χ4v) is 2.18. The first kappa shape index (κ1) is 11.7. The van der Waals surface area contributed by atoms with Gasteiger partial charge in [-0.25, -0.2) is 4.39 Å². The number of benzene rings is 1. The van der Waals surface area contributed by atoms with Crippen LogP contribution in [0.4, 0.5) is 15.8 Å². The number of hydrogen-bond acceptors (Lipinski definition) is 2. The lowest BCUT2D eigenvalue weighted by molar-refractivity contribution is 0.536. The van der Waals surface area contributed by atoms with E-state index in [2.05, 4.69) is 28.2 Å². The van der Waals surface area contributed by atoms with Gasteiger partial charge in [0.1, 0.15) is 5.82 Å². The second-order valence-electron chi connectivity index (χ2n) is 4.55. The highest BCUT2D eigenvalue weighted by atomic mass is 79.9. The molecule has 1 aliphatic rings. The highest BCUT2D eigenvalue weighted by molar-refractivity contribution is 9.10. The maximum Gasteiger partial charge on any atom is 0.139 e. The van der Waals surface area contributed by atoms with Crippen molar-refractivity contribution in [3.8, 4) is 0 Å². The second-order valence-corrected chi connectivity index (χ2v) is 5.40. The molecule has 0 aromatic heterocycles. The topological polar surface area (TPSA) is 38.0 Å². The van der Waals surface area contributed by atoms with Crippen LogP contribution in [0.5, 0.6) is 0 Å². The smallest absolute Gasteiger partial charge is 0.139 e. The number of rotatable bonds is 4. The zero-order valence-corrected chi connectivity index (χ0v) is 10.8. The molecule has 2 nitrogen and oxygen atoms in total. The maximum absolute atomic E-state index is 13.3. The van der Waals surface area contributed by atoms with E-state index in [0.717, 1.165) is 12.5 Å². The summed E-state index contributed by atoms with van der Waals surface area (Å²) in [5, 5.41) is 3.22. The fourth-order valence-electron chi connectivity index (χ4n) is 1.82. The van der Waals surface area contributed by atoms with Gasteiger partial charge in [0.2, 0.25) is 0 Å². The van der Waals surface area contributed by atoms with Crippen molar-refractivity contribution in [3.63, 3.8) is 0 Å². The molecule has 88 valence electrons. The van der Waals surface area contributed by atoms with E-state index in [4.69, 9.17) is 5.73 Å². The minimum Gasteiger partial charge on any atom is -0.397 e. The van der Waals surface area contributed by atoms with Crippen LogP contribution in [0.25, 0.3) is 0 Å². The van der Waals surface area contributed by atoms with Crippen molar-refractivity contribution in [2.45, 2.75) is 19.8 Å². The molecule has 0 heterocycles. The third kappa shape index (κ3) is 2.67. The lowest BCUT2D eigenvalue weighted by Gasteiger charge is -2.14. The number of nitrogens with one attached hydrogen (secondary N) is 1. The molecule has 0 aliphatic heterocycles. The molecule has 3 N–H and O–H groups in total. The molecule has 0 radical (unpaired) electrons. The Morgan fingerprint density at radius 2 is 2.25 bits per heavy atom. The first-order chi connectivity index (χ1) is 7.58. The molecule has 2 rings (SSSR count). The molecule has 1 unspecified atom stereocenters. The van der Waals surface area contributed by atoms with E-state index in [-0.39, 0.29) is 5.82 Å². The van der Waals surface area contributed by atoms with Gasteiger partial charge in [0, 0.05) is 12.6 Å². The van der Waals surface area contributed by atoms with Crippen molar-refractivity contribution in [1.82, 2.24) is 0 Å². The monoisotopic (exact) mass is 286 g/mol. The van der Waals surface area contributed by atoms with Crippen LogP contribution in [0, 0.1) is 17.7 Å². The van der Waals surface area contributed by atoms with Crippen LogP contribution in [0.1, 0.15) is 19.8 Å². The van der Waals surface area contributed by atoms with Gasteiger partial charge in [-0.2, -0.15) is 0 Å². The summed E-state index contributed by atoms with van der Waals surface area (Å²) in [7, 11) is 0. The number of hydrogen-bond donors (Lipinski definition) is 2. The highest BCUT2D eigenvalue weighted by Crippen LogP contribution is 2.37. The van der Waals surface area contributed by atoms with Crippen LogP contribution >= 0.6 is 15.9 Å². The molecular weight excluding hydrogens is 271 g/mol. The van der Waals surface area contributed by atoms with Gasteiger partial charge in [0.15, 0.2) is 0 Å². The minimum atomic E-state index is -0.282. The molecule has 0 saturated heterocycles. The van der Waals surface area contributed by atoms with Gasteiger partial charge in [-0.05, 0) is 46.7 Å². The highest BCUT2D eigenvalue weighted by Gasteiger charge is 2.27. The Hall–Kier alpha value is -0.770. The quantitative estimate of drug-likeness (QED) is 0.830. The number of nitrogens with two attached hydrogens (primary N) is 1. The van der Waals surface area contributed by atoms with E-state index < -0.39 is 0 Å². The SMILES string of the molecule is CC(CNc1cc(F)c(Br)cc1N)C1CC1. The summed E-state index contributed by atoms with van der Waals surface area (Å²) in [6.07, 6.45) is 2.65. The van der Waals surface area contributed by atoms with Crippen LogP contribution in [0.15, 0.2) is 16.6 Å². The van der Waals surface area contributed by atoms with Gasteiger partial charge in [0.05, 0.1) is 15.8 Å². The van der Waals surface area contributed by atoms with E-state index in [1.165, 1.54) is 18.9 Å². The molecule has 1 fully saturated rings. The number of anilines is 2. The first-order valence-electron chi connectivity index (χ1n) is 5.56. The summed E-state index contributed by atoms with van der Waals surface area (Å²) in [5.41, 5.74) is 7.08. The molecule has 0 spiro atoms. The van der Waals surface area contributed by atoms with Crippen LogP contribution in [0.2, 0.25) is 0 Å². The molecule has 1 aromatic carbocycles. The van der Waals surface area contributed by atoms with Crippen molar-refractivity contribution in [2.24, 2.45) is 11.8 Å². The fraction of sp³-hybridized carbons (Fsp3) is 0.500. The van der Waals surface area contributed by atoms with Crippen LogP contribution in [0.3, 0.4) is 0 Å². The summed E-state index contributed by atoms with van der Waals surface area (Å²) >= 11 is 3.11. The molecule has 1 atom stereocenters. The lowest BCUT2D eigenvalue weighted by Crippen LogP contribution is -2.14. The van der Waals surface area contributed by atoms with E-state index in [1.807, 2.05) is 0 Å². The third-order valence-corrected chi connectivity index (χ3v) is 3.74. The summed E-state index contributed by atoms with van der Waals surface area (Å²) < 4.78 is 13.7. The van der Waals surface area contributed by atoms with Crippen LogP contribution < -0.4 is 11.1 Å². The van der Waals surface area contributed by atoms with Crippen LogP contribution in [-0.4, -0.2) is 6.54 Å². The zero-order chi connectivity index (χ0) is 11.7. The van der Waals surface area contributed by atoms with Gasteiger partial charge < -0.3 is 11.1 Å². The van der Waals surface area contributed by atoms with Gasteiger partial charge >= 0.3 is 0 Å². The molecule has 0 bridgehead atoms. The Kier molecular flexibility index (Phi) is 3.38. The summed E-state index contributed by atoms with van der Waals surface area (Å²) in [4.78, 5) is 0. The van der Waals surface area contributed by atoms with E-state index >= 15 is 0 Å². The van der Waals surface area contributed by atoms with Gasteiger partial charge in [-0.1, -0.05) is 6.92 Å². The lowest BCUT2D eigenvalue weighted by atomic mass is 10.1. The van der Waals surface area contributed by atoms with Crippen molar-refractivity contribution in [3.05, 3.63) is 22.4 Å². The molecule has 4 heteroatoms. The zero-order valence-electron chi connectivity index (χ0n) is 9.26. The summed E-state index contributed by atoms with van der Waals surface area (Å²) in [6, 6.07) is 3.04. The van der Waals surface area contributed by atoms with Crippen molar-refractivity contribution in [1.29, 1.82) is 0 Å². The van der Waals surface area contributed by atoms with Crippen molar-refractivity contribution in [2.75, 3.05) is 17.6 Å². The third-order valence-electron chi connectivity index (χ3n) is 3.13. The molecule has 1 aromatic rings. The molecule has 0 amide bonds. The van der Waals surface area contributed by atoms with Crippen molar-refractivity contribution >= 4 is 27.3 Å². The summed E-state index contributed by atoms with van der Waals surface area (Å²) in [6.45, 7) is 3.08. The van der Waals surface area contributed by atoms with E-state index in [1.54, 1.807) is 6.07 Å². The predicted molar refractivity (Wildman–Crippen MR) is 68.9 cm³/mol. The normalized spacial score (nSPS) is 17.2. The Bertz CT molecular complexity index is 391. The van der Waals surface area contributed by atoms with Crippen molar-refractivity contribution < 1.29 is 4.39 Å². The standard InChI is InChI=1S/C12H16BrFN2/c1-7(8-2-3-8)6-16-12-5-10(14)9(13)4-11(12)15/h4-5,7-8,16H,2-3,6,15H2,1H3. The number of nitrogen functional groups attached to an aromatic ring is 1. The van der Waals surface area contributed by atoms with Crippen LogP contribution in [-0.2, 0) is 0 Å². The first-order valence-corrected chi connectivity index (χ1v) is 6.35. The molecule has 1 saturated carbocycles. The average Bonchev–Trinajstić information content (AvgIpc) is 3.04. The summed E-state index contributed by atoms with van der Waals surface area (Å²) in [5.74, 6) is 1.19. The Morgan fingerprint density at radius 1 is 1.56 bits per heavy atom. The molecular formula is C12H16BrFN2. The Labute approximate surface area is 104 Å². The van der Waals surface area contributed by atoms with E-state index in [9.17, 15) is 4.39 Å². The predicted octanol–water partition coefficient (Wildman–Crippen LogP) is 3.63. The minimum absolute atomic E-state index is 0.282. The van der Waals surface area contributed by atoms with Gasteiger partial charge in [0.25, 0.3) is 0 Å².